The number of rotatable bonds is 1. The van der Waals surface area contributed by atoms with Crippen molar-refractivity contribution >= 4 is 11.3 Å². The van der Waals surface area contributed by atoms with Gasteiger partial charge in [0.1, 0.15) is 0 Å². The van der Waals surface area contributed by atoms with Crippen molar-refractivity contribution in [3.05, 3.63) is 22.4 Å². The molecule has 0 bridgehead atoms. The van der Waals surface area contributed by atoms with Gasteiger partial charge >= 0.3 is 12.1 Å². The summed E-state index contributed by atoms with van der Waals surface area (Å²) in [5.41, 5.74) is 1.15. The molecule has 1 aliphatic rings. The van der Waals surface area contributed by atoms with Gasteiger partial charge in [-0.25, -0.2) is 0 Å². The predicted octanol–water partition coefficient (Wildman–Crippen LogP) is 2.46. The Hall–Kier alpha value is -1.41. The Labute approximate surface area is 104 Å². The van der Waals surface area contributed by atoms with Crippen molar-refractivity contribution in [1.82, 2.24) is 15.5 Å². The zero-order valence-electron chi connectivity index (χ0n) is 9.04. The van der Waals surface area contributed by atoms with E-state index < -0.39 is 12.1 Å². The van der Waals surface area contributed by atoms with Gasteiger partial charge in [0.15, 0.2) is 0 Å². The predicted molar refractivity (Wildman–Crippen MR) is 58.0 cm³/mol. The van der Waals surface area contributed by atoms with Gasteiger partial charge in [-0.05, 0) is 24.6 Å². The summed E-state index contributed by atoms with van der Waals surface area (Å²) in [6.45, 7) is 1.62. The molecule has 1 aliphatic heterocycles. The van der Waals surface area contributed by atoms with E-state index >= 15 is 0 Å². The second-order valence-electron chi connectivity index (χ2n) is 3.91. The van der Waals surface area contributed by atoms with E-state index in [1.54, 1.807) is 0 Å². The van der Waals surface area contributed by atoms with Crippen LogP contribution < -0.4 is 5.32 Å². The average molecular weight is 275 g/mol. The van der Waals surface area contributed by atoms with Crippen LogP contribution in [-0.2, 0) is 19.1 Å². The van der Waals surface area contributed by atoms with Gasteiger partial charge in [0, 0.05) is 11.4 Å². The lowest BCUT2D eigenvalue weighted by molar-refractivity contribution is -0.159. The van der Waals surface area contributed by atoms with Gasteiger partial charge in [0.2, 0.25) is 5.82 Å². The minimum absolute atomic E-state index is 0.00160. The minimum atomic E-state index is -4.59. The van der Waals surface area contributed by atoms with Crippen LogP contribution in [0.15, 0.2) is 10.6 Å². The van der Waals surface area contributed by atoms with Gasteiger partial charge in [0.25, 0.3) is 0 Å². The first-order chi connectivity index (χ1) is 8.54. The van der Waals surface area contributed by atoms with E-state index in [1.807, 2.05) is 6.07 Å². The molecule has 0 amide bonds. The van der Waals surface area contributed by atoms with Crippen molar-refractivity contribution in [3.63, 3.8) is 0 Å². The Balaban J connectivity index is 1.95. The smallest absolute Gasteiger partial charge is 0.329 e. The third-order valence-electron chi connectivity index (χ3n) is 2.64. The molecule has 0 aliphatic carbocycles. The van der Waals surface area contributed by atoms with Crippen molar-refractivity contribution in [2.75, 3.05) is 6.54 Å². The van der Waals surface area contributed by atoms with Crippen LogP contribution in [0.1, 0.15) is 16.3 Å². The van der Waals surface area contributed by atoms with E-state index in [0.717, 1.165) is 30.0 Å². The highest BCUT2D eigenvalue weighted by Gasteiger charge is 2.38. The van der Waals surface area contributed by atoms with Crippen molar-refractivity contribution < 1.29 is 17.7 Å². The lowest BCUT2D eigenvalue weighted by atomic mass is 10.1. The monoisotopic (exact) mass is 275 g/mol. The number of alkyl halides is 3. The van der Waals surface area contributed by atoms with Crippen molar-refractivity contribution in [3.8, 4) is 10.7 Å². The van der Waals surface area contributed by atoms with E-state index in [0.29, 0.717) is 4.88 Å². The summed E-state index contributed by atoms with van der Waals surface area (Å²) in [7, 11) is 0. The fraction of sp³-hybridized carbons (Fsp3) is 0.400. The van der Waals surface area contributed by atoms with Gasteiger partial charge in [0.05, 0.1) is 4.88 Å². The summed E-state index contributed by atoms with van der Waals surface area (Å²) < 4.78 is 41.2. The first-order valence-corrected chi connectivity index (χ1v) is 6.09. The third kappa shape index (κ3) is 2.01. The zero-order valence-corrected chi connectivity index (χ0v) is 9.86. The fourth-order valence-electron chi connectivity index (χ4n) is 1.80. The Bertz CT molecular complexity index is 552. The molecule has 3 rings (SSSR count). The zero-order chi connectivity index (χ0) is 12.8. The molecule has 8 heteroatoms. The molecule has 18 heavy (non-hydrogen) atoms. The second kappa shape index (κ2) is 4.06. The minimum Gasteiger partial charge on any atom is -0.329 e. The van der Waals surface area contributed by atoms with Gasteiger partial charge in [-0.15, -0.1) is 11.3 Å². The number of hydrogen-bond acceptors (Lipinski definition) is 5. The van der Waals surface area contributed by atoms with Crippen LogP contribution >= 0.6 is 11.3 Å². The third-order valence-corrected chi connectivity index (χ3v) is 3.82. The number of halogens is 3. The number of fused-ring (bicyclic) bond motifs is 1. The van der Waals surface area contributed by atoms with Crippen molar-refractivity contribution in [2.24, 2.45) is 0 Å². The Morgan fingerprint density at radius 3 is 2.89 bits per heavy atom. The Kier molecular flexibility index (Phi) is 2.63. The number of hydrogen-bond donors (Lipinski definition) is 1. The molecule has 2 aromatic heterocycles. The van der Waals surface area contributed by atoms with Crippen LogP contribution in [0, 0.1) is 0 Å². The summed E-state index contributed by atoms with van der Waals surface area (Å²) in [6.07, 6.45) is -3.72. The lowest BCUT2D eigenvalue weighted by Crippen LogP contribution is -2.21. The van der Waals surface area contributed by atoms with E-state index in [2.05, 4.69) is 20.0 Å². The van der Waals surface area contributed by atoms with Crippen LogP contribution in [0.5, 0.6) is 0 Å². The van der Waals surface area contributed by atoms with Gasteiger partial charge in [-0.2, -0.15) is 18.2 Å². The molecule has 2 aromatic rings. The average Bonchev–Trinajstić information content (AvgIpc) is 2.94. The summed E-state index contributed by atoms with van der Waals surface area (Å²) in [5, 5.41) is 6.58. The maximum atomic E-state index is 12.3. The van der Waals surface area contributed by atoms with Crippen LogP contribution in [0.2, 0.25) is 0 Å². The Morgan fingerprint density at radius 1 is 1.39 bits per heavy atom. The fourth-order valence-corrected chi connectivity index (χ4v) is 2.91. The van der Waals surface area contributed by atoms with Crippen molar-refractivity contribution in [1.29, 1.82) is 0 Å². The van der Waals surface area contributed by atoms with E-state index in [-0.39, 0.29) is 5.82 Å². The highest BCUT2D eigenvalue weighted by Crippen LogP contribution is 2.34. The summed E-state index contributed by atoms with van der Waals surface area (Å²) >= 11 is 1.40. The first-order valence-electron chi connectivity index (χ1n) is 5.27. The van der Waals surface area contributed by atoms with Crippen LogP contribution in [0.25, 0.3) is 10.7 Å². The first kappa shape index (κ1) is 11.7. The van der Waals surface area contributed by atoms with E-state index in [4.69, 9.17) is 0 Å². The van der Waals surface area contributed by atoms with Gasteiger partial charge in [-0.3, -0.25) is 0 Å². The van der Waals surface area contributed by atoms with Crippen LogP contribution in [0.4, 0.5) is 13.2 Å². The summed E-state index contributed by atoms with van der Waals surface area (Å²) in [5.74, 6) is -1.30. The number of nitrogens with zero attached hydrogens (tertiary/aromatic N) is 2. The molecule has 0 saturated carbocycles. The second-order valence-corrected chi connectivity index (χ2v) is 5.04. The number of nitrogens with one attached hydrogen (secondary N) is 1. The van der Waals surface area contributed by atoms with Gasteiger partial charge < -0.3 is 9.84 Å². The molecular weight excluding hydrogens is 267 g/mol. The van der Waals surface area contributed by atoms with Gasteiger partial charge in [-0.1, -0.05) is 5.16 Å². The number of thiophene rings is 1. The SMILES string of the molecule is FC(F)(F)c1nc(-c2cc3c(s2)CNCC3)no1. The molecule has 0 aromatic carbocycles. The van der Waals surface area contributed by atoms with E-state index in [1.165, 1.54) is 11.3 Å². The molecule has 0 fully saturated rings. The van der Waals surface area contributed by atoms with Crippen LogP contribution in [0.3, 0.4) is 0 Å². The molecule has 0 spiro atoms. The molecular formula is C10H8F3N3OS. The molecule has 0 saturated heterocycles. The van der Waals surface area contributed by atoms with Crippen molar-refractivity contribution in [2.45, 2.75) is 19.1 Å². The summed E-state index contributed by atoms with van der Waals surface area (Å²) in [4.78, 5) is 5.12. The lowest BCUT2D eigenvalue weighted by Gasteiger charge is -2.10. The maximum Gasteiger partial charge on any atom is 0.471 e. The normalized spacial score (nSPS) is 15.7. The topological polar surface area (TPSA) is 51.0 Å². The largest absolute Gasteiger partial charge is 0.471 e. The molecule has 1 N–H and O–H groups in total. The highest BCUT2D eigenvalue weighted by atomic mass is 32.1. The maximum absolute atomic E-state index is 12.3. The highest BCUT2D eigenvalue weighted by molar-refractivity contribution is 7.15. The molecule has 0 atom stereocenters. The summed E-state index contributed by atoms with van der Waals surface area (Å²) in [6, 6.07) is 1.84. The molecule has 0 unspecified atom stereocenters. The van der Waals surface area contributed by atoms with Crippen LogP contribution in [-0.4, -0.2) is 16.7 Å². The quantitative estimate of drug-likeness (QED) is 0.868. The molecule has 4 nitrogen and oxygen atoms in total. The Morgan fingerprint density at radius 2 is 2.22 bits per heavy atom. The number of aromatic nitrogens is 2. The van der Waals surface area contributed by atoms with E-state index in [9.17, 15) is 13.2 Å². The molecule has 96 valence electrons. The molecule has 3 heterocycles. The molecule has 0 radical (unpaired) electrons. The standard InChI is InChI=1S/C10H8F3N3OS/c11-10(12,13)9-15-8(16-17-9)6-3-5-1-2-14-4-7(5)18-6/h3,14H,1-2,4H2.